The first kappa shape index (κ1) is 40.2. The van der Waals surface area contributed by atoms with Crippen LogP contribution in [-0.4, -0.2) is 13.5 Å². The van der Waals surface area contributed by atoms with Crippen LogP contribution in [0.5, 0.6) is 5.75 Å². The van der Waals surface area contributed by atoms with E-state index in [0.717, 1.165) is 32.3 Å². The monoisotopic (exact) mass is 745 g/mol. The van der Waals surface area contributed by atoms with Crippen LogP contribution in [0.1, 0.15) is 84.0 Å². The molecule has 7 aromatic carbocycles. The quantitative estimate of drug-likeness (QED) is 0.0289. The molecule has 0 aliphatic heterocycles. The van der Waals surface area contributed by atoms with Gasteiger partial charge in [0.05, 0.1) is 6.16 Å². The number of rotatable bonds is 18. The Labute approximate surface area is 329 Å². The van der Waals surface area contributed by atoms with Gasteiger partial charge in [-0.05, 0) is 94.4 Å². The van der Waals surface area contributed by atoms with Crippen molar-refractivity contribution in [2.75, 3.05) is 6.16 Å². The highest BCUT2D eigenvalue weighted by molar-refractivity contribution is 7.95. The summed E-state index contributed by atoms with van der Waals surface area (Å²) in [5, 5.41) is 32.4. The fourth-order valence-electron chi connectivity index (χ4n) is 8.04. The fourth-order valence-corrected chi connectivity index (χ4v) is 12.5. The van der Waals surface area contributed by atoms with E-state index in [1.54, 1.807) is 12.1 Å². The molecule has 0 atom stereocenters. The van der Waals surface area contributed by atoms with Gasteiger partial charge in [0.1, 0.15) is 36.2 Å². The lowest BCUT2D eigenvalue weighted by atomic mass is 9.97. The number of benzene rings is 7. The van der Waals surface area contributed by atoms with E-state index in [4.69, 9.17) is 4.65 Å². The Kier molecular flexibility index (Phi) is 15.4. The first-order valence-electron chi connectivity index (χ1n) is 20.5. The lowest BCUT2D eigenvalue weighted by Crippen LogP contribution is -2.50. The molecule has 7 rings (SSSR count). The van der Waals surface area contributed by atoms with Crippen LogP contribution in [0.3, 0.4) is 0 Å². The molecule has 0 aliphatic rings. The summed E-state index contributed by atoms with van der Waals surface area (Å²) >= 11 is 0. The molecule has 0 amide bonds. The molecule has 5 heteroatoms. The molecule has 0 bridgehead atoms. The predicted octanol–water partition coefficient (Wildman–Crippen LogP) is 10.9. The van der Waals surface area contributed by atoms with Gasteiger partial charge < -0.3 is 14.7 Å². The Morgan fingerprint density at radius 3 is 1.38 bits per heavy atom. The molecule has 0 heterocycles. The standard InChI is InChI=1S/C32H44P.C18H11BO3/c1-2-3-4-5-6-7-8-9-10-11-12-22-29-33(30-23-16-13-17-24-30,31-25-18-14-19-26-31)32-27-20-15-21-28-32;20-19(21)22-17-7-3-6-12-8-9-15-10-13-4-1-2-5-14(13)11-16(15)18(12)17/h13-21,23-28H,2-12,22,29H2,1H3;1-11H/q+1;-2. The first-order valence-corrected chi connectivity index (χ1v) is 22.4. The minimum atomic E-state index is -2.33. The Hall–Kier alpha value is -4.47. The zero-order valence-corrected chi connectivity index (χ0v) is 33.3. The van der Waals surface area contributed by atoms with Gasteiger partial charge in [0.25, 0.3) is 0 Å². The Bertz CT molecular complexity index is 2080. The molecular formula is C50H55BO3P-. The molecule has 0 N–H and O–H groups in total. The van der Waals surface area contributed by atoms with Crippen LogP contribution in [0, 0.1) is 0 Å². The van der Waals surface area contributed by atoms with E-state index in [1.165, 1.54) is 99.1 Å². The van der Waals surface area contributed by atoms with Gasteiger partial charge in [0.15, 0.2) is 0 Å². The molecule has 0 aliphatic carbocycles. The Morgan fingerprint density at radius 1 is 0.436 bits per heavy atom. The van der Waals surface area contributed by atoms with Crippen LogP contribution in [0.25, 0.3) is 32.3 Å². The van der Waals surface area contributed by atoms with E-state index < -0.39 is 14.6 Å². The van der Waals surface area contributed by atoms with E-state index in [0.29, 0.717) is 5.75 Å². The van der Waals surface area contributed by atoms with Crippen molar-refractivity contribution in [2.24, 2.45) is 0 Å². The van der Waals surface area contributed by atoms with Crippen molar-refractivity contribution in [3.8, 4) is 5.75 Å². The van der Waals surface area contributed by atoms with Gasteiger partial charge in [-0.3, -0.25) is 0 Å². The van der Waals surface area contributed by atoms with Crippen LogP contribution in [-0.2, 0) is 0 Å². The van der Waals surface area contributed by atoms with E-state index in [2.05, 4.69) is 116 Å². The van der Waals surface area contributed by atoms with Crippen LogP contribution < -0.4 is 30.6 Å². The van der Waals surface area contributed by atoms with Crippen molar-refractivity contribution >= 4 is 62.8 Å². The molecule has 55 heavy (non-hydrogen) atoms. The summed E-state index contributed by atoms with van der Waals surface area (Å²) in [6, 6.07) is 55.7. The molecule has 3 nitrogen and oxygen atoms in total. The van der Waals surface area contributed by atoms with Gasteiger partial charge >= 0.3 is 0 Å². The highest BCUT2D eigenvalue weighted by atomic mass is 31.2. The van der Waals surface area contributed by atoms with Crippen molar-refractivity contribution < 1.29 is 14.7 Å². The van der Waals surface area contributed by atoms with Crippen molar-refractivity contribution in [1.82, 2.24) is 0 Å². The maximum atomic E-state index is 10.9. The number of fused-ring (bicyclic) bond motifs is 4. The third-order valence-corrected chi connectivity index (χ3v) is 15.4. The lowest BCUT2D eigenvalue weighted by Gasteiger charge is -2.27. The third kappa shape index (κ3) is 10.6. The highest BCUT2D eigenvalue weighted by Gasteiger charge is 2.44. The minimum Gasteiger partial charge on any atom is -0.860 e. The summed E-state index contributed by atoms with van der Waals surface area (Å²) in [7, 11) is -3.97. The molecule has 0 saturated carbocycles. The van der Waals surface area contributed by atoms with E-state index in [1.807, 2.05) is 36.4 Å². The third-order valence-electron chi connectivity index (χ3n) is 10.8. The fraction of sp³-hybridized carbons (Fsp3) is 0.280. The molecule has 0 spiro atoms. The SMILES string of the molecule is CCCCCCCCCCCCCC[P+](c1ccccc1)(c1ccccc1)c1ccccc1.[O-]B([O-])Oc1cccc2ccc3cc4ccccc4cc3c12. The Morgan fingerprint density at radius 2 is 0.873 bits per heavy atom. The van der Waals surface area contributed by atoms with Crippen LogP contribution in [0.4, 0.5) is 0 Å². The van der Waals surface area contributed by atoms with Gasteiger partial charge in [0, 0.05) is 5.39 Å². The maximum absolute atomic E-state index is 10.9. The number of unbranched alkanes of at least 4 members (excludes halogenated alkanes) is 11. The average Bonchev–Trinajstić information content (AvgIpc) is 3.23. The van der Waals surface area contributed by atoms with Gasteiger partial charge in [-0.1, -0.05) is 174 Å². The van der Waals surface area contributed by atoms with Gasteiger partial charge in [0.2, 0.25) is 0 Å². The van der Waals surface area contributed by atoms with E-state index in [-0.39, 0.29) is 0 Å². The molecule has 282 valence electrons. The molecule has 0 unspecified atom stereocenters. The normalized spacial score (nSPS) is 11.4. The van der Waals surface area contributed by atoms with Gasteiger partial charge in [-0.15, -0.1) is 0 Å². The summed E-state index contributed by atoms with van der Waals surface area (Å²) in [5.41, 5.74) is 0. The van der Waals surface area contributed by atoms with Gasteiger partial charge in [-0.25, -0.2) is 0 Å². The zero-order valence-electron chi connectivity index (χ0n) is 32.5. The molecular weight excluding hydrogens is 690 g/mol. The molecule has 0 saturated heterocycles. The average molecular weight is 746 g/mol. The van der Waals surface area contributed by atoms with Crippen molar-refractivity contribution in [1.29, 1.82) is 0 Å². The zero-order chi connectivity index (χ0) is 38.1. The van der Waals surface area contributed by atoms with E-state index >= 15 is 0 Å². The number of hydrogen-bond donors (Lipinski definition) is 0. The van der Waals surface area contributed by atoms with E-state index in [9.17, 15) is 10.0 Å². The van der Waals surface area contributed by atoms with Crippen molar-refractivity contribution in [2.45, 2.75) is 84.0 Å². The largest absolute Gasteiger partial charge is 0.860 e. The summed E-state index contributed by atoms with van der Waals surface area (Å²) in [6.07, 6.45) is 18.1. The molecule has 0 fully saturated rings. The predicted molar refractivity (Wildman–Crippen MR) is 236 cm³/mol. The number of hydrogen-bond acceptors (Lipinski definition) is 3. The lowest BCUT2D eigenvalue weighted by molar-refractivity contribution is -0.372. The molecule has 7 aromatic rings. The van der Waals surface area contributed by atoms with Crippen molar-refractivity contribution in [3.63, 3.8) is 0 Å². The smallest absolute Gasteiger partial charge is 0.133 e. The minimum absolute atomic E-state index is 0.341. The van der Waals surface area contributed by atoms with Crippen LogP contribution >= 0.6 is 7.26 Å². The highest BCUT2D eigenvalue weighted by Crippen LogP contribution is 2.56. The first-order chi connectivity index (χ1) is 27.1. The maximum Gasteiger partial charge on any atom is 0.133 e. The van der Waals surface area contributed by atoms with Crippen molar-refractivity contribution in [3.05, 3.63) is 158 Å². The second-order valence-electron chi connectivity index (χ2n) is 14.7. The topological polar surface area (TPSA) is 55.3 Å². The molecule has 0 aromatic heterocycles. The summed E-state index contributed by atoms with van der Waals surface area (Å²) in [4.78, 5) is 0. The van der Waals surface area contributed by atoms with Crippen LogP contribution in [0.2, 0.25) is 0 Å². The summed E-state index contributed by atoms with van der Waals surface area (Å²) < 4.78 is 4.94. The van der Waals surface area contributed by atoms with Crippen LogP contribution in [0.15, 0.2) is 158 Å². The summed E-state index contributed by atoms with van der Waals surface area (Å²) in [5.74, 6) is 0.341. The second kappa shape index (κ2) is 21.0. The summed E-state index contributed by atoms with van der Waals surface area (Å²) in [6.45, 7) is 2.30. The molecule has 0 radical (unpaired) electrons. The second-order valence-corrected chi connectivity index (χ2v) is 18.3. The Balaban J connectivity index is 0.000000201. The van der Waals surface area contributed by atoms with Gasteiger partial charge in [-0.2, -0.15) is 0 Å².